The molecule has 0 radical (unpaired) electrons. The first kappa shape index (κ1) is 14.2. The highest BCUT2D eigenvalue weighted by Crippen LogP contribution is 2.29. The van der Waals surface area contributed by atoms with Crippen molar-refractivity contribution in [3.8, 4) is 11.3 Å². The topological polar surface area (TPSA) is 37.8 Å². The molecule has 0 saturated heterocycles. The van der Waals surface area contributed by atoms with Crippen LogP contribution in [0.1, 0.15) is 32.1 Å². The zero-order valence-electron chi connectivity index (χ0n) is 13.2. The Hall–Kier alpha value is -2.42. The van der Waals surface area contributed by atoms with Crippen molar-refractivity contribution in [2.45, 2.75) is 38.1 Å². The Morgan fingerprint density at radius 1 is 0.739 bits per heavy atom. The van der Waals surface area contributed by atoms with E-state index >= 15 is 0 Å². The third-order valence-corrected chi connectivity index (χ3v) is 4.56. The van der Waals surface area contributed by atoms with Gasteiger partial charge in [0.05, 0.1) is 11.0 Å². The molecular weight excluding hydrogens is 282 g/mol. The summed E-state index contributed by atoms with van der Waals surface area (Å²) >= 11 is 0. The summed E-state index contributed by atoms with van der Waals surface area (Å²) in [6, 6.07) is 18.9. The average molecular weight is 303 g/mol. The predicted octanol–water partition coefficient (Wildman–Crippen LogP) is 5.04. The average Bonchev–Trinajstić information content (AvgIpc) is 2.63. The van der Waals surface area contributed by atoms with E-state index in [1.165, 1.54) is 32.1 Å². The van der Waals surface area contributed by atoms with Crippen molar-refractivity contribution in [3.63, 3.8) is 0 Å². The lowest BCUT2D eigenvalue weighted by Gasteiger charge is -2.24. The number of hydrogen-bond donors (Lipinski definition) is 1. The van der Waals surface area contributed by atoms with E-state index in [1.807, 2.05) is 30.3 Å². The van der Waals surface area contributed by atoms with Gasteiger partial charge in [-0.15, -0.1) is 0 Å². The van der Waals surface area contributed by atoms with Crippen LogP contribution in [0.25, 0.3) is 22.3 Å². The van der Waals surface area contributed by atoms with E-state index in [9.17, 15) is 0 Å². The molecular formula is C20H21N3. The molecule has 0 bridgehead atoms. The van der Waals surface area contributed by atoms with Crippen LogP contribution < -0.4 is 5.32 Å². The molecule has 1 N–H and O–H groups in total. The van der Waals surface area contributed by atoms with Gasteiger partial charge in [0.25, 0.3) is 0 Å². The van der Waals surface area contributed by atoms with Gasteiger partial charge in [0.15, 0.2) is 5.82 Å². The lowest BCUT2D eigenvalue weighted by Crippen LogP contribution is -2.23. The highest BCUT2D eigenvalue weighted by molar-refractivity contribution is 5.83. The molecule has 1 aliphatic rings. The second-order valence-electron chi connectivity index (χ2n) is 6.25. The van der Waals surface area contributed by atoms with E-state index in [-0.39, 0.29) is 0 Å². The Morgan fingerprint density at radius 2 is 1.39 bits per heavy atom. The standard InChI is InChI=1S/C20H21N3/c1-3-9-15(10-4-1)19-20(21-16-11-5-2-6-12-16)23-18-14-8-7-13-17(18)22-19/h1,3-4,7-10,13-14,16H,2,5-6,11-12H2,(H,21,23). The van der Waals surface area contributed by atoms with E-state index in [2.05, 4.69) is 29.6 Å². The van der Waals surface area contributed by atoms with Crippen molar-refractivity contribution in [2.75, 3.05) is 5.32 Å². The summed E-state index contributed by atoms with van der Waals surface area (Å²) in [5.74, 6) is 0.918. The molecule has 0 unspecified atom stereocenters. The summed E-state index contributed by atoms with van der Waals surface area (Å²) in [6.45, 7) is 0. The third kappa shape index (κ3) is 3.04. The molecule has 0 spiro atoms. The maximum Gasteiger partial charge on any atom is 0.153 e. The van der Waals surface area contributed by atoms with Crippen molar-refractivity contribution in [2.24, 2.45) is 0 Å². The van der Waals surface area contributed by atoms with Crippen LogP contribution in [-0.4, -0.2) is 16.0 Å². The quantitative estimate of drug-likeness (QED) is 0.736. The molecule has 1 aliphatic carbocycles. The van der Waals surface area contributed by atoms with Crippen LogP contribution in [0.5, 0.6) is 0 Å². The first-order chi connectivity index (χ1) is 11.4. The molecule has 0 aliphatic heterocycles. The number of rotatable bonds is 3. The molecule has 3 heteroatoms. The number of hydrogen-bond acceptors (Lipinski definition) is 3. The summed E-state index contributed by atoms with van der Waals surface area (Å²) in [6.07, 6.45) is 6.41. The van der Waals surface area contributed by atoms with Crippen LogP contribution in [-0.2, 0) is 0 Å². The molecule has 4 rings (SSSR count). The second-order valence-corrected chi connectivity index (χ2v) is 6.25. The van der Waals surface area contributed by atoms with Gasteiger partial charge in [0, 0.05) is 11.6 Å². The molecule has 1 aromatic heterocycles. The molecule has 23 heavy (non-hydrogen) atoms. The lowest BCUT2D eigenvalue weighted by molar-refractivity contribution is 0.462. The molecule has 2 aromatic carbocycles. The molecule has 0 atom stereocenters. The lowest BCUT2D eigenvalue weighted by atomic mass is 9.95. The Bertz CT molecular complexity index is 792. The Kier molecular flexibility index (Phi) is 3.93. The fraction of sp³-hybridized carbons (Fsp3) is 0.300. The van der Waals surface area contributed by atoms with Crippen molar-refractivity contribution in [1.82, 2.24) is 9.97 Å². The van der Waals surface area contributed by atoms with Gasteiger partial charge in [0.1, 0.15) is 5.69 Å². The number of para-hydroxylation sites is 2. The van der Waals surface area contributed by atoms with E-state index < -0.39 is 0 Å². The minimum atomic E-state index is 0.515. The van der Waals surface area contributed by atoms with Gasteiger partial charge in [-0.1, -0.05) is 61.7 Å². The van der Waals surface area contributed by atoms with Gasteiger partial charge in [-0.3, -0.25) is 0 Å². The van der Waals surface area contributed by atoms with Crippen LogP contribution >= 0.6 is 0 Å². The maximum atomic E-state index is 4.89. The highest BCUT2D eigenvalue weighted by Gasteiger charge is 2.17. The summed E-state index contributed by atoms with van der Waals surface area (Å²) in [4.78, 5) is 9.76. The van der Waals surface area contributed by atoms with Crippen molar-refractivity contribution < 1.29 is 0 Å². The largest absolute Gasteiger partial charge is 0.366 e. The number of nitrogens with zero attached hydrogens (tertiary/aromatic N) is 2. The van der Waals surface area contributed by atoms with Crippen molar-refractivity contribution in [3.05, 3.63) is 54.6 Å². The third-order valence-electron chi connectivity index (χ3n) is 4.56. The summed E-state index contributed by atoms with van der Waals surface area (Å²) in [5, 5.41) is 3.67. The first-order valence-corrected chi connectivity index (χ1v) is 8.49. The zero-order valence-corrected chi connectivity index (χ0v) is 13.2. The summed E-state index contributed by atoms with van der Waals surface area (Å²) < 4.78 is 0. The normalized spacial score (nSPS) is 15.7. The van der Waals surface area contributed by atoms with Gasteiger partial charge in [-0.25, -0.2) is 9.97 Å². The second kappa shape index (κ2) is 6.37. The molecule has 3 nitrogen and oxygen atoms in total. The van der Waals surface area contributed by atoms with Crippen LogP contribution in [0, 0.1) is 0 Å². The number of benzene rings is 2. The van der Waals surface area contributed by atoms with Gasteiger partial charge in [0.2, 0.25) is 0 Å². The van der Waals surface area contributed by atoms with Crippen LogP contribution in [0.2, 0.25) is 0 Å². The minimum absolute atomic E-state index is 0.515. The van der Waals surface area contributed by atoms with E-state index in [0.29, 0.717) is 6.04 Å². The predicted molar refractivity (Wildman–Crippen MR) is 95.5 cm³/mol. The Balaban J connectivity index is 1.79. The van der Waals surface area contributed by atoms with Gasteiger partial charge < -0.3 is 5.32 Å². The molecule has 1 heterocycles. The fourth-order valence-electron chi connectivity index (χ4n) is 3.34. The van der Waals surface area contributed by atoms with Crippen molar-refractivity contribution >= 4 is 16.9 Å². The molecule has 3 aromatic rings. The Morgan fingerprint density at radius 3 is 2.13 bits per heavy atom. The fourth-order valence-corrected chi connectivity index (χ4v) is 3.34. The number of aromatic nitrogens is 2. The molecule has 1 saturated carbocycles. The van der Waals surface area contributed by atoms with Crippen LogP contribution in [0.15, 0.2) is 54.6 Å². The van der Waals surface area contributed by atoms with Crippen LogP contribution in [0.4, 0.5) is 5.82 Å². The van der Waals surface area contributed by atoms with E-state index in [4.69, 9.17) is 9.97 Å². The van der Waals surface area contributed by atoms with E-state index in [0.717, 1.165) is 28.1 Å². The maximum absolute atomic E-state index is 4.89. The molecule has 116 valence electrons. The minimum Gasteiger partial charge on any atom is -0.366 e. The monoisotopic (exact) mass is 303 g/mol. The van der Waals surface area contributed by atoms with E-state index in [1.54, 1.807) is 0 Å². The van der Waals surface area contributed by atoms with Gasteiger partial charge in [-0.2, -0.15) is 0 Å². The Labute approximate surface area is 136 Å². The zero-order chi connectivity index (χ0) is 15.5. The highest BCUT2D eigenvalue weighted by atomic mass is 15.0. The summed E-state index contributed by atoms with van der Waals surface area (Å²) in [7, 11) is 0. The van der Waals surface area contributed by atoms with Gasteiger partial charge in [-0.05, 0) is 25.0 Å². The summed E-state index contributed by atoms with van der Waals surface area (Å²) in [5.41, 5.74) is 3.96. The molecule has 1 fully saturated rings. The number of anilines is 1. The first-order valence-electron chi connectivity index (χ1n) is 8.49. The van der Waals surface area contributed by atoms with Gasteiger partial charge >= 0.3 is 0 Å². The molecule has 0 amide bonds. The number of fused-ring (bicyclic) bond motifs is 1. The smallest absolute Gasteiger partial charge is 0.153 e. The SMILES string of the molecule is c1ccc(-c2nc3ccccc3nc2NC2CCCCC2)cc1. The van der Waals surface area contributed by atoms with Crippen LogP contribution in [0.3, 0.4) is 0 Å². The number of nitrogens with one attached hydrogen (secondary N) is 1. The van der Waals surface area contributed by atoms with Crippen molar-refractivity contribution in [1.29, 1.82) is 0 Å².